The molecule has 2 aromatic carbocycles. The van der Waals surface area contributed by atoms with Crippen molar-refractivity contribution in [1.82, 2.24) is 34.8 Å². The molecule has 42 heavy (non-hydrogen) atoms. The second-order valence-corrected chi connectivity index (χ2v) is 10.6. The third kappa shape index (κ3) is 6.58. The second kappa shape index (κ2) is 11.9. The lowest BCUT2D eigenvalue weighted by atomic mass is 10.0. The summed E-state index contributed by atoms with van der Waals surface area (Å²) in [6, 6.07) is 8.96. The average molecular weight is 580 g/mol. The zero-order valence-corrected chi connectivity index (χ0v) is 23.9. The third-order valence-electron chi connectivity index (χ3n) is 7.21. The number of likely N-dealkylation sites (N-methyl/N-ethyl adjacent to an activating group) is 1. The number of rotatable bonds is 7. The Morgan fingerprint density at radius 3 is 2.40 bits per heavy atom. The molecular weight excluding hydrogens is 547 g/mol. The van der Waals surface area contributed by atoms with Crippen LogP contribution in [0.15, 0.2) is 55.0 Å². The van der Waals surface area contributed by atoms with Crippen LogP contribution in [0.25, 0.3) is 16.9 Å². The summed E-state index contributed by atoms with van der Waals surface area (Å²) in [5.41, 5.74) is 2.43. The Morgan fingerprint density at radius 1 is 1.02 bits per heavy atom. The Balaban J connectivity index is 1.34. The Labute approximate surface area is 241 Å². The maximum atomic E-state index is 14.0. The Bertz CT molecular complexity index is 1560. The van der Waals surface area contributed by atoms with E-state index in [0.717, 1.165) is 24.7 Å². The molecule has 0 spiro atoms. The standard InChI is InChI=1S/C29H32F3N9O/c1-19-5-6-20(13-26(19)41-18-25(36-37-41)22-15-33-28(34-16-22)38(2)3)27(42)35-23-8-7-21(24(14-23)29(30,31)32)17-40-11-9-39(4)10-12-40/h5-8,13-16,18H,9-12,17H2,1-4H3,(H,35,42). The smallest absolute Gasteiger partial charge is 0.347 e. The predicted molar refractivity (Wildman–Crippen MR) is 154 cm³/mol. The van der Waals surface area contributed by atoms with Gasteiger partial charge in [0.25, 0.3) is 5.91 Å². The predicted octanol–water partition coefficient (Wildman–Crippen LogP) is 4.12. The quantitative estimate of drug-likeness (QED) is 0.350. The number of amides is 1. The van der Waals surface area contributed by atoms with E-state index in [1.807, 2.05) is 33.0 Å². The lowest BCUT2D eigenvalue weighted by Crippen LogP contribution is -2.44. The SMILES string of the molecule is Cc1ccc(C(=O)Nc2ccc(CN3CCN(C)CC3)c(C(F)(F)F)c2)cc1-n1cc(-c2cnc(N(C)C)nc2)nn1. The first-order valence-corrected chi connectivity index (χ1v) is 13.4. The first-order chi connectivity index (χ1) is 20.0. The maximum Gasteiger partial charge on any atom is 0.416 e. The van der Waals surface area contributed by atoms with Crippen LogP contribution in [-0.4, -0.2) is 88.0 Å². The van der Waals surface area contributed by atoms with Crippen molar-refractivity contribution in [3.05, 3.63) is 77.2 Å². The number of carbonyl (C=O) groups is 1. The number of aromatic nitrogens is 5. The number of anilines is 2. The average Bonchev–Trinajstić information content (AvgIpc) is 3.45. The van der Waals surface area contributed by atoms with Crippen LogP contribution >= 0.6 is 0 Å². The van der Waals surface area contributed by atoms with Gasteiger partial charge in [-0.15, -0.1) is 5.10 Å². The van der Waals surface area contributed by atoms with Crippen molar-refractivity contribution < 1.29 is 18.0 Å². The summed E-state index contributed by atoms with van der Waals surface area (Å²) in [6.07, 6.45) is 0.451. The van der Waals surface area contributed by atoms with Crippen molar-refractivity contribution in [3.63, 3.8) is 0 Å². The van der Waals surface area contributed by atoms with Crippen molar-refractivity contribution in [1.29, 1.82) is 0 Å². The van der Waals surface area contributed by atoms with Gasteiger partial charge in [0.05, 0.1) is 17.4 Å². The van der Waals surface area contributed by atoms with Crippen LogP contribution in [0.1, 0.15) is 27.0 Å². The van der Waals surface area contributed by atoms with Crippen LogP contribution in [0, 0.1) is 6.92 Å². The first-order valence-electron chi connectivity index (χ1n) is 13.4. The van der Waals surface area contributed by atoms with Gasteiger partial charge in [-0.3, -0.25) is 9.69 Å². The summed E-state index contributed by atoms with van der Waals surface area (Å²) in [6.45, 7) is 5.08. The van der Waals surface area contributed by atoms with E-state index in [1.54, 1.807) is 41.7 Å². The molecule has 0 bridgehead atoms. The number of hydrogen-bond acceptors (Lipinski definition) is 8. The van der Waals surface area contributed by atoms with Crippen molar-refractivity contribution in [2.24, 2.45) is 0 Å². The molecule has 4 aromatic rings. The van der Waals surface area contributed by atoms with Crippen LogP contribution in [0.5, 0.6) is 0 Å². The van der Waals surface area contributed by atoms with Gasteiger partial charge in [0, 0.05) is 76.0 Å². The molecule has 10 nitrogen and oxygen atoms in total. The van der Waals surface area contributed by atoms with E-state index >= 15 is 0 Å². The Kier molecular flexibility index (Phi) is 8.23. The summed E-state index contributed by atoms with van der Waals surface area (Å²) >= 11 is 0. The third-order valence-corrected chi connectivity index (χ3v) is 7.21. The maximum absolute atomic E-state index is 14.0. The minimum atomic E-state index is -4.55. The van der Waals surface area contributed by atoms with Crippen LogP contribution in [0.4, 0.5) is 24.8 Å². The summed E-state index contributed by atoms with van der Waals surface area (Å²) in [4.78, 5) is 27.7. The highest BCUT2D eigenvalue weighted by Crippen LogP contribution is 2.35. The number of aryl methyl sites for hydroxylation is 1. The van der Waals surface area contributed by atoms with Gasteiger partial charge in [-0.2, -0.15) is 13.2 Å². The molecule has 0 radical (unpaired) electrons. The highest BCUT2D eigenvalue weighted by Gasteiger charge is 2.34. The van der Waals surface area contributed by atoms with Gasteiger partial charge in [0.15, 0.2) is 0 Å². The number of alkyl halides is 3. The van der Waals surface area contributed by atoms with Gasteiger partial charge in [-0.1, -0.05) is 17.3 Å². The van der Waals surface area contributed by atoms with Gasteiger partial charge in [0.1, 0.15) is 5.69 Å². The molecule has 1 amide bonds. The fourth-order valence-electron chi connectivity index (χ4n) is 4.70. The minimum Gasteiger partial charge on any atom is -0.347 e. The molecule has 1 aliphatic heterocycles. The molecule has 1 aliphatic rings. The van der Waals surface area contributed by atoms with E-state index in [0.29, 0.717) is 36.0 Å². The van der Waals surface area contributed by atoms with Crippen LogP contribution in [-0.2, 0) is 12.7 Å². The number of halogens is 3. The molecule has 220 valence electrons. The van der Waals surface area contributed by atoms with Gasteiger partial charge in [-0.25, -0.2) is 14.6 Å². The molecule has 1 N–H and O–H groups in total. The molecule has 3 heterocycles. The fraction of sp³-hybridized carbons (Fsp3) is 0.345. The minimum absolute atomic E-state index is 0.0702. The highest BCUT2D eigenvalue weighted by atomic mass is 19.4. The second-order valence-electron chi connectivity index (χ2n) is 10.6. The van der Waals surface area contributed by atoms with E-state index in [1.165, 1.54) is 16.8 Å². The Hall–Kier alpha value is -4.36. The largest absolute Gasteiger partial charge is 0.416 e. The van der Waals surface area contributed by atoms with E-state index in [-0.39, 0.29) is 23.4 Å². The lowest BCUT2D eigenvalue weighted by Gasteiger charge is -2.33. The number of benzene rings is 2. The van der Waals surface area contributed by atoms with Crippen LogP contribution < -0.4 is 10.2 Å². The monoisotopic (exact) mass is 579 g/mol. The Morgan fingerprint density at radius 2 is 1.74 bits per heavy atom. The zero-order valence-electron chi connectivity index (χ0n) is 23.9. The molecule has 0 saturated carbocycles. The number of hydrogen-bond donors (Lipinski definition) is 1. The number of nitrogens with one attached hydrogen (secondary N) is 1. The van der Waals surface area contributed by atoms with E-state index < -0.39 is 17.6 Å². The summed E-state index contributed by atoms with van der Waals surface area (Å²) in [5.74, 6) is 0.0249. The highest BCUT2D eigenvalue weighted by molar-refractivity contribution is 6.04. The summed E-state index contributed by atoms with van der Waals surface area (Å²) in [7, 11) is 5.69. The number of piperazine rings is 1. The van der Waals surface area contributed by atoms with Crippen molar-refractivity contribution in [2.75, 3.05) is 57.5 Å². The molecule has 5 rings (SSSR count). The summed E-state index contributed by atoms with van der Waals surface area (Å²) in [5, 5.41) is 11.0. The topological polar surface area (TPSA) is 95.3 Å². The lowest BCUT2D eigenvalue weighted by molar-refractivity contribution is -0.138. The number of carbonyl (C=O) groups excluding carboxylic acids is 1. The van der Waals surface area contributed by atoms with Crippen LogP contribution in [0.3, 0.4) is 0 Å². The van der Waals surface area contributed by atoms with E-state index in [4.69, 9.17) is 0 Å². The molecular formula is C29H32F3N9O. The number of nitrogens with zero attached hydrogens (tertiary/aromatic N) is 8. The van der Waals surface area contributed by atoms with Crippen molar-refractivity contribution in [2.45, 2.75) is 19.6 Å². The molecule has 2 aromatic heterocycles. The normalized spacial score (nSPS) is 14.6. The first kappa shape index (κ1) is 29.1. The van der Waals surface area contributed by atoms with Crippen LogP contribution in [0.2, 0.25) is 0 Å². The zero-order chi connectivity index (χ0) is 30.0. The van der Waals surface area contributed by atoms with Gasteiger partial charge < -0.3 is 15.1 Å². The molecule has 13 heteroatoms. The van der Waals surface area contributed by atoms with E-state index in [9.17, 15) is 18.0 Å². The molecule has 0 atom stereocenters. The van der Waals surface area contributed by atoms with E-state index in [2.05, 4.69) is 30.5 Å². The fourth-order valence-corrected chi connectivity index (χ4v) is 4.70. The molecule has 1 saturated heterocycles. The van der Waals surface area contributed by atoms with Crippen molar-refractivity contribution >= 4 is 17.5 Å². The molecule has 1 fully saturated rings. The van der Waals surface area contributed by atoms with Gasteiger partial charge in [-0.05, 0) is 49.4 Å². The van der Waals surface area contributed by atoms with Gasteiger partial charge >= 0.3 is 6.18 Å². The molecule has 0 unspecified atom stereocenters. The molecule has 0 aliphatic carbocycles. The summed E-state index contributed by atoms with van der Waals surface area (Å²) < 4.78 is 43.6. The van der Waals surface area contributed by atoms with Gasteiger partial charge in [0.2, 0.25) is 5.95 Å². The van der Waals surface area contributed by atoms with Crippen molar-refractivity contribution in [3.8, 4) is 16.9 Å².